The summed E-state index contributed by atoms with van der Waals surface area (Å²) in [6, 6.07) is 7.46. The van der Waals surface area contributed by atoms with Crippen molar-refractivity contribution in [1.29, 1.82) is 5.26 Å². The summed E-state index contributed by atoms with van der Waals surface area (Å²) in [5.74, 6) is -1.04. The molecular weight excluding hydrogens is 358 g/mol. The molecule has 138 valence electrons. The Hall–Kier alpha value is -2.44. The highest BCUT2D eigenvalue weighted by Crippen LogP contribution is 2.32. The number of rotatable bonds is 5. The van der Waals surface area contributed by atoms with Crippen molar-refractivity contribution in [3.05, 3.63) is 29.3 Å². The smallest absolute Gasteiger partial charge is 0.264 e. The van der Waals surface area contributed by atoms with Gasteiger partial charge in [-0.05, 0) is 24.1 Å². The third-order valence-corrected chi connectivity index (χ3v) is 5.18. The van der Waals surface area contributed by atoms with Crippen LogP contribution in [-0.4, -0.2) is 46.2 Å². The van der Waals surface area contributed by atoms with Gasteiger partial charge in [-0.2, -0.15) is 13.7 Å². The van der Waals surface area contributed by atoms with Crippen molar-refractivity contribution >= 4 is 27.6 Å². The average Bonchev–Trinajstić information content (AvgIpc) is 2.52. The van der Waals surface area contributed by atoms with Crippen LogP contribution < -0.4 is 10.2 Å². The number of imide groups is 1. The molecule has 0 spiro atoms. The monoisotopic (exact) mass is 377 g/mol. The molecule has 3 rings (SSSR count). The lowest BCUT2D eigenvalue weighted by Crippen LogP contribution is -2.49. The van der Waals surface area contributed by atoms with Gasteiger partial charge in [0, 0.05) is 31.1 Å². The first-order valence-corrected chi connectivity index (χ1v) is 10.1. The van der Waals surface area contributed by atoms with Crippen LogP contribution >= 0.6 is 0 Å². The van der Waals surface area contributed by atoms with Crippen molar-refractivity contribution in [1.82, 2.24) is 5.32 Å². The molecule has 0 aliphatic carbocycles. The Morgan fingerprint density at radius 2 is 2.08 bits per heavy atom. The molecule has 0 aromatic heterocycles. The predicted octanol–water partition coefficient (Wildman–Crippen LogP) is 0.491. The maximum atomic E-state index is 12.0. The fourth-order valence-corrected chi connectivity index (χ4v) is 3.68. The molecular formula is C17H19N3O5S. The largest absolute Gasteiger partial charge is 0.371 e. The van der Waals surface area contributed by atoms with Gasteiger partial charge in [-0.25, -0.2) is 0 Å². The maximum absolute atomic E-state index is 12.0. The average molecular weight is 377 g/mol. The van der Waals surface area contributed by atoms with Crippen LogP contribution in [0.5, 0.6) is 0 Å². The van der Waals surface area contributed by atoms with E-state index in [-0.39, 0.29) is 30.8 Å². The Bertz CT molecular complexity index is 884. The summed E-state index contributed by atoms with van der Waals surface area (Å²) in [5.41, 5.74) is 1.87. The van der Waals surface area contributed by atoms with Crippen molar-refractivity contribution in [2.24, 2.45) is 5.92 Å². The third-order valence-electron chi connectivity index (χ3n) is 4.61. The molecule has 2 amide bonds. The Kier molecular flexibility index (Phi) is 4.98. The molecule has 2 aliphatic rings. The van der Waals surface area contributed by atoms with Gasteiger partial charge in [0.25, 0.3) is 10.1 Å². The third kappa shape index (κ3) is 4.03. The highest BCUT2D eigenvalue weighted by Gasteiger charge is 2.32. The zero-order valence-electron chi connectivity index (χ0n) is 14.3. The van der Waals surface area contributed by atoms with Crippen LogP contribution in [0, 0.1) is 17.2 Å². The minimum absolute atomic E-state index is 0.116. The van der Waals surface area contributed by atoms with E-state index in [2.05, 4.69) is 11.4 Å². The van der Waals surface area contributed by atoms with Crippen LogP contribution in [0.15, 0.2) is 18.2 Å². The summed E-state index contributed by atoms with van der Waals surface area (Å²) < 4.78 is 26.8. The summed E-state index contributed by atoms with van der Waals surface area (Å²) in [6.07, 6.45) is 1.68. The van der Waals surface area contributed by atoms with Gasteiger partial charge in [0.15, 0.2) is 0 Å². The number of carbonyl (C=O) groups is 2. The molecule has 8 nitrogen and oxygen atoms in total. The molecule has 2 fully saturated rings. The number of hydrogen-bond donors (Lipinski definition) is 1. The molecule has 2 saturated heterocycles. The number of hydrogen-bond acceptors (Lipinski definition) is 7. The van der Waals surface area contributed by atoms with Crippen LogP contribution in [0.3, 0.4) is 0 Å². The van der Waals surface area contributed by atoms with E-state index in [1.807, 2.05) is 11.0 Å². The highest BCUT2D eigenvalue weighted by molar-refractivity contribution is 7.85. The number of anilines is 1. The molecule has 1 aromatic carbocycles. The van der Waals surface area contributed by atoms with Gasteiger partial charge in [0.2, 0.25) is 11.8 Å². The van der Waals surface area contributed by atoms with Gasteiger partial charge < -0.3 is 4.90 Å². The van der Waals surface area contributed by atoms with Crippen molar-refractivity contribution in [3.8, 4) is 6.07 Å². The van der Waals surface area contributed by atoms with Crippen molar-refractivity contribution in [2.75, 3.05) is 30.9 Å². The van der Waals surface area contributed by atoms with Crippen LogP contribution in [0.2, 0.25) is 0 Å². The SMILES string of the molecule is CS(=O)(=O)OCC1CN(c2ccc(C3CCC(=O)NC3=O)c(C#N)c2)C1. The second-order valence-corrected chi connectivity index (χ2v) is 8.29. The zero-order valence-corrected chi connectivity index (χ0v) is 15.1. The van der Waals surface area contributed by atoms with E-state index in [1.165, 1.54) is 0 Å². The quantitative estimate of drug-likeness (QED) is 0.586. The normalized spacial score (nSPS) is 21.1. The van der Waals surface area contributed by atoms with Crippen molar-refractivity contribution in [3.63, 3.8) is 0 Å². The predicted molar refractivity (Wildman–Crippen MR) is 92.8 cm³/mol. The molecule has 0 radical (unpaired) electrons. The van der Waals surface area contributed by atoms with E-state index < -0.39 is 16.0 Å². The number of nitrogens with one attached hydrogen (secondary N) is 1. The zero-order chi connectivity index (χ0) is 18.9. The van der Waals surface area contributed by atoms with Crippen LogP contribution in [-0.2, 0) is 23.9 Å². The number of carbonyl (C=O) groups excluding carboxylic acids is 2. The van der Waals surface area contributed by atoms with Gasteiger partial charge in [-0.1, -0.05) is 6.07 Å². The minimum Gasteiger partial charge on any atom is -0.371 e. The summed E-state index contributed by atoms with van der Waals surface area (Å²) in [6.45, 7) is 1.42. The summed E-state index contributed by atoms with van der Waals surface area (Å²) in [4.78, 5) is 25.3. The van der Waals surface area contributed by atoms with E-state index in [9.17, 15) is 23.3 Å². The summed E-state index contributed by atoms with van der Waals surface area (Å²) in [5, 5.41) is 11.8. The fourth-order valence-electron chi connectivity index (χ4n) is 3.24. The second-order valence-electron chi connectivity index (χ2n) is 6.65. The molecule has 1 N–H and O–H groups in total. The number of benzene rings is 1. The molecule has 0 saturated carbocycles. The lowest BCUT2D eigenvalue weighted by molar-refractivity contribution is -0.134. The maximum Gasteiger partial charge on any atom is 0.264 e. The molecule has 1 atom stereocenters. The Morgan fingerprint density at radius 1 is 1.35 bits per heavy atom. The minimum atomic E-state index is -3.44. The Labute approximate surface area is 151 Å². The first-order chi connectivity index (χ1) is 12.3. The molecule has 2 heterocycles. The fraction of sp³-hybridized carbons (Fsp3) is 0.471. The van der Waals surface area contributed by atoms with E-state index in [1.54, 1.807) is 12.1 Å². The van der Waals surface area contributed by atoms with Gasteiger partial charge in [0.1, 0.15) is 0 Å². The van der Waals surface area contributed by atoms with Crippen LogP contribution in [0.1, 0.15) is 29.9 Å². The number of amides is 2. The van der Waals surface area contributed by atoms with Crippen molar-refractivity contribution in [2.45, 2.75) is 18.8 Å². The second kappa shape index (κ2) is 7.05. The molecule has 26 heavy (non-hydrogen) atoms. The molecule has 2 aliphatic heterocycles. The topological polar surface area (TPSA) is 117 Å². The first kappa shape index (κ1) is 18.4. The standard InChI is InChI=1S/C17H19N3O5S/c1-26(23,24)25-10-11-8-20(9-11)13-2-3-14(12(6-13)7-18)15-4-5-16(21)19-17(15)22/h2-3,6,11,15H,4-5,8-10H2,1H3,(H,19,21,22). The summed E-state index contributed by atoms with van der Waals surface area (Å²) >= 11 is 0. The number of piperidine rings is 1. The van der Waals surface area contributed by atoms with Crippen LogP contribution in [0.4, 0.5) is 5.69 Å². The van der Waals surface area contributed by atoms with Gasteiger partial charge in [-0.15, -0.1) is 0 Å². The van der Waals surface area contributed by atoms with Gasteiger partial charge in [0.05, 0.1) is 30.4 Å². The lowest BCUT2D eigenvalue weighted by Gasteiger charge is -2.41. The molecule has 9 heteroatoms. The van der Waals surface area contributed by atoms with Gasteiger partial charge in [-0.3, -0.25) is 19.1 Å². The van der Waals surface area contributed by atoms with E-state index in [4.69, 9.17) is 4.18 Å². The summed E-state index contributed by atoms with van der Waals surface area (Å²) in [7, 11) is -3.44. The number of nitriles is 1. The van der Waals surface area contributed by atoms with Crippen LogP contribution in [0.25, 0.3) is 0 Å². The molecule has 0 bridgehead atoms. The van der Waals surface area contributed by atoms with Crippen molar-refractivity contribution < 1.29 is 22.2 Å². The Balaban J connectivity index is 1.68. The molecule has 1 aromatic rings. The van der Waals surface area contributed by atoms with E-state index in [0.717, 1.165) is 11.9 Å². The number of nitrogens with zero attached hydrogens (tertiary/aromatic N) is 2. The molecule has 1 unspecified atom stereocenters. The Morgan fingerprint density at radius 3 is 2.69 bits per heavy atom. The van der Waals surface area contributed by atoms with E-state index >= 15 is 0 Å². The first-order valence-electron chi connectivity index (χ1n) is 8.24. The van der Waals surface area contributed by atoms with E-state index in [0.29, 0.717) is 30.6 Å². The lowest BCUT2D eigenvalue weighted by atomic mass is 9.87. The van der Waals surface area contributed by atoms with Gasteiger partial charge >= 0.3 is 0 Å². The highest BCUT2D eigenvalue weighted by atomic mass is 32.2.